The number of fused-ring (bicyclic) bond motifs is 1. The Morgan fingerprint density at radius 1 is 1.18 bits per heavy atom. The van der Waals surface area contributed by atoms with Gasteiger partial charge < -0.3 is 4.74 Å². The van der Waals surface area contributed by atoms with Gasteiger partial charge in [-0.2, -0.15) is 0 Å². The first-order valence-corrected chi connectivity index (χ1v) is 7.43. The van der Waals surface area contributed by atoms with E-state index in [1.54, 1.807) is 18.2 Å². The van der Waals surface area contributed by atoms with Crippen LogP contribution in [0, 0.1) is 5.92 Å². The lowest BCUT2D eigenvalue weighted by molar-refractivity contribution is -0.143. The number of halogens is 2. The molecule has 1 aliphatic rings. The van der Waals surface area contributed by atoms with Gasteiger partial charge in [0, 0.05) is 10.6 Å². The lowest BCUT2D eigenvalue weighted by Crippen LogP contribution is -2.37. The standard InChI is InChI=1S/C16H12Cl2N2O2/c1-22-16(21)10-4-7-12-13(8-10)20-15(18)14(19-12)9-2-5-11(17)6-3-9/h2-3,5-8,10H,4H2,1H3. The number of hydrogen-bond donors (Lipinski definition) is 0. The minimum absolute atomic E-state index is 0.288. The summed E-state index contributed by atoms with van der Waals surface area (Å²) in [6, 6.07) is 7.23. The number of esters is 1. The van der Waals surface area contributed by atoms with Crippen LogP contribution in [0.3, 0.4) is 0 Å². The van der Waals surface area contributed by atoms with Crippen molar-refractivity contribution in [3.05, 3.63) is 45.1 Å². The molecule has 0 saturated heterocycles. The van der Waals surface area contributed by atoms with Crippen molar-refractivity contribution in [2.75, 3.05) is 7.11 Å². The zero-order valence-electron chi connectivity index (χ0n) is 11.7. The minimum Gasteiger partial charge on any atom is -0.469 e. The van der Waals surface area contributed by atoms with Crippen molar-refractivity contribution in [1.29, 1.82) is 0 Å². The molecule has 1 aromatic carbocycles. The van der Waals surface area contributed by atoms with E-state index in [9.17, 15) is 4.79 Å². The number of carbonyl (C=O) groups excluding carboxylic acids is 1. The summed E-state index contributed by atoms with van der Waals surface area (Å²) in [4.78, 5) is 20.5. The van der Waals surface area contributed by atoms with Crippen molar-refractivity contribution < 1.29 is 9.53 Å². The number of methoxy groups -OCH3 is 1. The average Bonchev–Trinajstić information content (AvgIpc) is 2.54. The largest absolute Gasteiger partial charge is 0.469 e. The Morgan fingerprint density at radius 2 is 1.91 bits per heavy atom. The van der Waals surface area contributed by atoms with Crippen molar-refractivity contribution >= 4 is 41.3 Å². The molecule has 1 heterocycles. The molecule has 3 rings (SSSR count). The van der Waals surface area contributed by atoms with Crippen LogP contribution in [0.5, 0.6) is 0 Å². The number of carbonyl (C=O) groups is 1. The summed E-state index contributed by atoms with van der Waals surface area (Å²) in [7, 11) is 1.37. The van der Waals surface area contributed by atoms with E-state index >= 15 is 0 Å². The van der Waals surface area contributed by atoms with E-state index in [2.05, 4.69) is 9.97 Å². The van der Waals surface area contributed by atoms with Gasteiger partial charge in [0.1, 0.15) is 5.69 Å². The number of benzene rings is 1. The fourth-order valence-electron chi connectivity index (χ4n) is 2.32. The fraction of sp³-hybridized carbons (Fsp3) is 0.188. The molecule has 22 heavy (non-hydrogen) atoms. The zero-order chi connectivity index (χ0) is 15.7. The Bertz CT molecular complexity index is 848. The first-order chi connectivity index (χ1) is 10.6. The van der Waals surface area contributed by atoms with Crippen LogP contribution in [0.25, 0.3) is 23.4 Å². The van der Waals surface area contributed by atoms with E-state index < -0.39 is 0 Å². The highest BCUT2D eigenvalue weighted by atomic mass is 35.5. The second-order valence-electron chi connectivity index (χ2n) is 4.88. The Labute approximate surface area is 137 Å². The van der Waals surface area contributed by atoms with Crippen LogP contribution in [-0.2, 0) is 9.53 Å². The van der Waals surface area contributed by atoms with Gasteiger partial charge in [0.25, 0.3) is 0 Å². The summed E-state index contributed by atoms with van der Waals surface area (Å²) in [6.07, 6.45) is 4.15. The summed E-state index contributed by atoms with van der Waals surface area (Å²) in [6.45, 7) is 0. The highest BCUT2D eigenvalue weighted by molar-refractivity contribution is 6.32. The van der Waals surface area contributed by atoms with Crippen molar-refractivity contribution in [3.63, 3.8) is 0 Å². The maximum absolute atomic E-state index is 11.6. The number of ether oxygens (including phenoxy) is 1. The van der Waals surface area contributed by atoms with E-state index in [-0.39, 0.29) is 17.0 Å². The van der Waals surface area contributed by atoms with Gasteiger partial charge in [0.05, 0.1) is 23.7 Å². The zero-order valence-corrected chi connectivity index (χ0v) is 13.2. The van der Waals surface area contributed by atoms with Crippen LogP contribution in [-0.4, -0.2) is 23.0 Å². The Morgan fingerprint density at radius 3 is 2.59 bits per heavy atom. The van der Waals surface area contributed by atoms with Crippen LogP contribution >= 0.6 is 23.2 Å². The van der Waals surface area contributed by atoms with Crippen molar-refractivity contribution in [2.24, 2.45) is 5.92 Å². The first-order valence-electron chi connectivity index (χ1n) is 6.68. The van der Waals surface area contributed by atoms with E-state index in [1.807, 2.05) is 18.2 Å². The number of nitrogens with zero attached hydrogens (tertiary/aromatic N) is 2. The highest BCUT2D eigenvalue weighted by Crippen LogP contribution is 2.23. The van der Waals surface area contributed by atoms with Crippen LogP contribution in [0.1, 0.15) is 6.42 Å². The monoisotopic (exact) mass is 334 g/mol. The van der Waals surface area contributed by atoms with Gasteiger partial charge in [0.2, 0.25) is 0 Å². The second kappa shape index (κ2) is 6.07. The number of rotatable bonds is 2. The molecule has 112 valence electrons. The molecule has 1 aliphatic carbocycles. The van der Waals surface area contributed by atoms with Gasteiger partial charge in [-0.15, -0.1) is 0 Å². The second-order valence-corrected chi connectivity index (χ2v) is 5.67. The van der Waals surface area contributed by atoms with Crippen LogP contribution in [0.4, 0.5) is 0 Å². The predicted octanol–water partition coefficient (Wildman–Crippen LogP) is 2.20. The number of aromatic nitrogens is 2. The molecule has 1 aromatic heterocycles. The molecule has 6 heteroatoms. The molecule has 4 nitrogen and oxygen atoms in total. The maximum atomic E-state index is 11.6. The van der Waals surface area contributed by atoms with Gasteiger partial charge in [-0.1, -0.05) is 41.4 Å². The fourth-order valence-corrected chi connectivity index (χ4v) is 2.69. The number of hydrogen-bond acceptors (Lipinski definition) is 4. The molecule has 1 atom stereocenters. The Balaban J connectivity index is 2.09. The summed E-state index contributed by atoms with van der Waals surface area (Å²) >= 11 is 12.1. The van der Waals surface area contributed by atoms with E-state index in [1.165, 1.54) is 7.11 Å². The summed E-state index contributed by atoms with van der Waals surface area (Å²) < 4.78 is 4.76. The minimum atomic E-state index is -0.343. The maximum Gasteiger partial charge on any atom is 0.312 e. The molecule has 0 N–H and O–H groups in total. The molecule has 0 radical (unpaired) electrons. The topological polar surface area (TPSA) is 52.1 Å². The molecule has 0 spiro atoms. The molecule has 0 saturated carbocycles. The molecule has 0 amide bonds. The quantitative estimate of drug-likeness (QED) is 0.790. The van der Waals surface area contributed by atoms with Crippen molar-refractivity contribution in [1.82, 2.24) is 9.97 Å². The van der Waals surface area contributed by atoms with Gasteiger partial charge in [0.15, 0.2) is 5.15 Å². The third kappa shape index (κ3) is 2.85. The normalized spacial score (nSPS) is 16.2. The van der Waals surface area contributed by atoms with Crippen LogP contribution in [0.2, 0.25) is 10.2 Å². The highest BCUT2D eigenvalue weighted by Gasteiger charge is 2.19. The SMILES string of the molecule is COC(=O)C1C=c2nc(Cl)c(-c3ccc(Cl)cc3)nc2=CC1. The summed E-state index contributed by atoms with van der Waals surface area (Å²) in [5.74, 6) is -0.633. The molecular weight excluding hydrogens is 323 g/mol. The lowest BCUT2D eigenvalue weighted by Gasteiger charge is -2.11. The average molecular weight is 335 g/mol. The molecule has 0 aliphatic heterocycles. The molecule has 0 fully saturated rings. The van der Waals surface area contributed by atoms with Crippen molar-refractivity contribution in [3.8, 4) is 11.3 Å². The van der Waals surface area contributed by atoms with Gasteiger partial charge in [-0.25, -0.2) is 9.97 Å². The third-order valence-corrected chi connectivity index (χ3v) is 3.97. The van der Waals surface area contributed by atoms with Gasteiger partial charge in [-0.3, -0.25) is 4.79 Å². The van der Waals surface area contributed by atoms with Crippen LogP contribution < -0.4 is 10.7 Å². The van der Waals surface area contributed by atoms with Gasteiger partial charge in [-0.05, 0) is 24.6 Å². The van der Waals surface area contributed by atoms with E-state index in [4.69, 9.17) is 27.9 Å². The van der Waals surface area contributed by atoms with Crippen LogP contribution in [0.15, 0.2) is 24.3 Å². The molecule has 1 unspecified atom stereocenters. The summed E-state index contributed by atoms with van der Waals surface area (Å²) in [5, 5.41) is 2.25. The Hall–Kier alpha value is -1.91. The molecule has 2 aromatic rings. The van der Waals surface area contributed by atoms with E-state index in [0.717, 1.165) is 10.9 Å². The summed E-state index contributed by atoms with van der Waals surface area (Å²) in [5.41, 5.74) is 1.44. The van der Waals surface area contributed by atoms with E-state index in [0.29, 0.717) is 22.5 Å². The third-order valence-electron chi connectivity index (χ3n) is 3.45. The first kappa shape index (κ1) is 15.0. The van der Waals surface area contributed by atoms with Gasteiger partial charge >= 0.3 is 5.97 Å². The molecular formula is C16H12Cl2N2O2. The lowest BCUT2D eigenvalue weighted by atomic mass is 10.0. The molecule has 0 bridgehead atoms. The Kier molecular flexibility index (Phi) is 4.14. The van der Waals surface area contributed by atoms with Crippen molar-refractivity contribution in [2.45, 2.75) is 6.42 Å². The predicted molar refractivity (Wildman–Crippen MR) is 85.8 cm³/mol. The smallest absolute Gasteiger partial charge is 0.312 e.